The van der Waals surface area contributed by atoms with Crippen LogP contribution in [0.5, 0.6) is 0 Å². The highest BCUT2D eigenvalue weighted by Crippen LogP contribution is 2.15. The first kappa shape index (κ1) is 8.96. The first-order valence-corrected chi connectivity index (χ1v) is 3.62. The lowest BCUT2D eigenvalue weighted by Crippen LogP contribution is -2.20. The van der Waals surface area contributed by atoms with Gasteiger partial charge in [-0.3, -0.25) is 0 Å². The van der Waals surface area contributed by atoms with Crippen molar-refractivity contribution in [3.63, 3.8) is 0 Å². The van der Waals surface area contributed by atoms with Crippen molar-refractivity contribution in [1.82, 2.24) is 0 Å². The van der Waals surface area contributed by atoms with E-state index in [0.29, 0.717) is 12.0 Å². The van der Waals surface area contributed by atoms with Crippen LogP contribution < -0.4 is 0 Å². The van der Waals surface area contributed by atoms with Crippen molar-refractivity contribution < 1.29 is 4.74 Å². The molecule has 0 aliphatic carbocycles. The van der Waals surface area contributed by atoms with Gasteiger partial charge < -0.3 is 4.74 Å². The highest BCUT2D eigenvalue weighted by atomic mass is 16.5. The number of rotatable bonds is 3. The van der Waals surface area contributed by atoms with Crippen LogP contribution in [0.4, 0.5) is 0 Å². The molecule has 2 unspecified atom stereocenters. The quantitative estimate of drug-likeness (QED) is 0.569. The van der Waals surface area contributed by atoms with E-state index < -0.39 is 0 Å². The van der Waals surface area contributed by atoms with Gasteiger partial charge in [-0.1, -0.05) is 20.8 Å². The molecule has 0 fully saturated rings. The van der Waals surface area contributed by atoms with E-state index in [0.717, 1.165) is 5.92 Å². The molecule has 56 valence electrons. The average Bonchev–Trinajstić information content (AvgIpc) is 1.84. The molecule has 0 amide bonds. The molecule has 0 radical (unpaired) electrons. The molecule has 0 aliphatic rings. The first-order chi connectivity index (χ1) is 4.09. The average molecular weight is 130 g/mol. The third-order valence-electron chi connectivity index (χ3n) is 2.16. The third kappa shape index (κ3) is 2.85. The van der Waals surface area contributed by atoms with Crippen LogP contribution in [0.15, 0.2) is 0 Å². The summed E-state index contributed by atoms with van der Waals surface area (Å²) in [5.41, 5.74) is 0. The van der Waals surface area contributed by atoms with Crippen LogP contribution in [0.2, 0.25) is 0 Å². The Labute approximate surface area is 58.4 Å². The fraction of sp³-hybridized carbons (Fsp3) is 1.00. The lowest BCUT2D eigenvalue weighted by molar-refractivity contribution is 0.0556. The maximum absolute atomic E-state index is 5.17. The topological polar surface area (TPSA) is 9.23 Å². The Morgan fingerprint density at radius 2 is 1.44 bits per heavy atom. The van der Waals surface area contributed by atoms with Crippen LogP contribution >= 0.6 is 0 Å². The molecular formula is C8H18O. The van der Waals surface area contributed by atoms with Gasteiger partial charge in [0.05, 0.1) is 6.10 Å². The molecule has 0 aliphatic heterocycles. The largest absolute Gasteiger partial charge is 0.381 e. The van der Waals surface area contributed by atoms with Gasteiger partial charge in [0.15, 0.2) is 0 Å². The minimum atomic E-state index is 0.394. The van der Waals surface area contributed by atoms with Crippen molar-refractivity contribution in [3.05, 3.63) is 0 Å². The Balaban J connectivity index is 3.58. The van der Waals surface area contributed by atoms with Gasteiger partial charge in [0.25, 0.3) is 0 Å². The number of methoxy groups -OCH3 is 1. The summed E-state index contributed by atoms with van der Waals surface area (Å²) < 4.78 is 5.17. The molecule has 0 saturated heterocycles. The fourth-order valence-corrected chi connectivity index (χ4v) is 0.757. The predicted octanol–water partition coefficient (Wildman–Crippen LogP) is 2.31. The Morgan fingerprint density at radius 1 is 1.00 bits per heavy atom. The van der Waals surface area contributed by atoms with Crippen molar-refractivity contribution in [2.75, 3.05) is 7.11 Å². The van der Waals surface area contributed by atoms with E-state index in [2.05, 4.69) is 27.7 Å². The van der Waals surface area contributed by atoms with Crippen LogP contribution in [0, 0.1) is 11.8 Å². The zero-order valence-corrected chi connectivity index (χ0v) is 7.14. The molecule has 0 heterocycles. The SMILES string of the molecule is COC(C)C(C)C(C)C. The smallest absolute Gasteiger partial charge is 0.0571 e. The van der Waals surface area contributed by atoms with Gasteiger partial charge in [-0.25, -0.2) is 0 Å². The van der Waals surface area contributed by atoms with Crippen molar-refractivity contribution in [3.8, 4) is 0 Å². The van der Waals surface area contributed by atoms with E-state index in [-0.39, 0.29) is 0 Å². The number of hydrogen-bond donors (Lipinski definition) is 0. The molecule has 2 atom stereocenters. The Kier molecular flexibility index (Phi) is 3.87. The minimum absolute atomic E-state index is 0.394. The lowest BCUT2D eigenvalue weighted by atomic mass is 9.93. The standard InChI is InChI=1S/C8H18O/c1-6(2)7(3)8(4)9-5/h6-8H,1-5H3. The molecule has 0 spiro atoms. The molecule has 0 N–H and O–H groups in total. The van der Waals surface area contributed by atoms with E-state index >= 15 is 0 Å². The van der Waals surface area contributed by atoms with E-state index in [1.807, 2.05) is 0 Å². The molecule has 0 saturated carbocycles. The molecule has 0 aromatic rings. The molecule has 0 aromatic heterocycles. The van der Waals surface area contributed by atoms with Crippen LogP contribution in [-0.4, -0.2) is 13.2 Å². The second-order valence-corrected chi connectivity index (χ2v) is 3.04. The molecule has 0 rings (SSSR count). The Hall–Kier alpha value is -0.0400. The molecule has 0 bridgehead atoms. The summed E-state index contributed by atoms with van der Waals surface area (Å²) in [5.74, 6) is 1.38. The monoisotopic (exact) mass is 130 g/mol. The van der Waals surface area contributed by atoms with Crippen LogP contribution in [0.3, 0.4) is 0 Å². The minimum Gasteiger partial charge on any atom is -0.381 e. The van der Waals surface area contributed by atoms with Gasteiger partial charge in [0.1, 0.15) is 0 Å². The Morgan fingerprint density at radius 3 is 1.56 bits per heavy atom. The van der Waals surface area contributed by atoms with E-state index in [1.165, 1.54) is 0 Å². The summed E-state index contributed by atoms with van der Waals surface area (Å²) in [5, 5.41) is 0. The van der Waals surface area contributed by atoms with Gasteiger partial charge in [0, 0.05) is 7.11 Å². The second-order valence-electron chi connectivity index (χ2n) is 3.04. The van der Waals surface area contributed by atoms with Gasteiger partial charge in [-0.2, -0.15) is 0 Å². The molecule has 1 heteroatoms. The molecular weight excluding hydrogens is 112 g/mol. The summed E-state index contributed by atoms with van der Waals surface area (Å²) >= 11 is 0. The van der Waals surface area contributed by atoms with E-state index in [1.54, 1.807) is 7.11 Å². The highest BCUT2D eigenvalue weighted by molar-refractivity contribution is 4.63. The zero-order chi connectivity index (χ0) is 7.44. The zero-order valence-electron chi connectivity index (χ0n) is 7.14. The third-order valence-corrected chi connectivity index (χ3v) is 2.16. The van der Waals surface area contributed by atoms with E-state index in [9.17, 15) is 0 Å². The summed E-state index contributed by atoms with van der Waals surface area (Å²) in [4.78, 5) is 0. The van der Waals surface area contributed by atoms with E-state index in [4.69, 9.17) is 4.74 Å². The van der Waals surface area contributed by atoms with Gasteiger partial charge in [0.2, 0.25) is 0 Å². The summed E-state index contributed by atoms with van der Waals surface area (Å²) in [6, 6.07) is 0. The first-order valence-electron chi connectivity index (χ1n) is 3.62. The van der Waals surface area contributed by atoms with Crippen molar-refractivity contribution >= 4 is 0 Å². The summed E-state index contributed by atoms with van der Waals surface area (Å²) in [7, 11) is 1.77. The second kappa shape index (κ2) is 3.89. The van der Waals surface area contributed by atoms with Crippen LogP contribution in [0.1, 0.15) is 27.7 Å². The fourth-order valence-electron chi connectivity index (χ4n) is 0.757. The molecule has 1 nitrogen and oxygen atoms in total. The van der Waals surface area contributed by atoms with Gasteiger partial charge in [-0.15, -0.1) is 0 Å². The molecule has 9 heavy (non-hydrogen) atoms. The van der Waals surface area contributed by atoms with Crippen molar-refractivity contribution in [2.24, 2.45) is 11.8 Å². The van der Waals surface area contributed by atoms with Gasteiger partial charge in [-0.05, 0) is 18.8 Å². The van der Waals surface area contributed by atoms with Crippen molar-refractivity contribution in [2.45, 2.75) is 33.8 Å². The van der Waals surface area contributed by atoms with Crippen LogP contribution in [0.25, 0.3) is 0 Å². The maximum atomic E-state index is 5.17. The molecule has 0 aromatic carbocycles. The normalized spacial score (nSPS) is 18.0. The van der Waals surface area contributed by atoms with Crippen LogP contribution in [-0.2, 0) is 4.74 Å². The number of hydrogen-bond acceptors (Lipinski definition) is 1. The Bertz CT molecular complexity index is 69.0. The number of ether oxygens (including phenoxy) is 1. The van der Waals surface area contributed by atoms with Crippen molar-refractivity contribution in [1.29, 1.82) is 0 Å². The summed E-state index contributed by atoms with van der Waals surface area (Å²) in [6.45, 7) is 8.78. The predicted molar refractivity (Wildman–Crippen MR) is 40.5 cm³/mol. The highest BCUT2D eigenvalue weighted by Gasteiger charge is 2.13. The van der Waals surface area contributed by atoms with Gasteiger partial charge >= 0.3 is 0 Å². The summed E-state index contributed by atoms with van der Waals surface area (Å²) in [6.07, 6.45) is 0.394. The maximum Gasteiger partial charge on any atom is 0.0571 e. The lowest BCUT2D eigenvalue weighted by Gasteiger charge is -2.21.